The van der Waals surface area contributed by atoms with Crippen LogP contribution >= 0.6 is 12.6 Å². The van der Waals surface area contributed by atoms with Crippen LogP contribution in [0.4, 0.5) is 0 Å². The summed E-state index contributed by atoms with van der Waals surface area (Å²) in [4.78, 5) is 0. The van der Waals surface area contributed by atoms with E-state index in [1.165, 1.54) is 6.42 Å². The maximum atomic E-state index is 4.53. The number of hydrogen-bond donors (Lipinski definition) is 1. The quantitative estimate of drug-likeness (QED) is 0.554. The highest BCUT2D eigenvalue weighted by Crippen LogP contribution is 2.78. The zero-order valence-corrected chi connectivity index (χ0v) is 7.86. The van der Waals surface area contributed by atoms with Gasteiger partial charge in [-0.25, -0.2) is 0 Å². The summed E-state index contributed by atoms with van der Waals surface area (Å²) in [6.45, 7) is 7.07. The van der Waals surface area contributed by atoms with Crippen molar-refractivity contribution in [2.45, 2.75) is 32.4 Å². The van der Waals surface area contributed by atoms with Crippen LogP contribution in [0.2, 0.25) is 0 Å². The highest BCUT2D eigenvalue weighted by molar-refractivity contribution is 7.81. The molecule has 0 amide bonds. The molecular weight excluding hydrogens is 140 g/mol. The average molecular weight is 156 g/mol. The lowest BCUT2D eigenvalue weighted by Crippen LogP contribution is -1.93. The number of thiol groups is 1. The van der Waals surface area contributed by atoms with Gasteiger partial charge in [-0.1, -0.05) is 20.8 Å². The van der Waals surface area contributed by atoms with Gasteiger partial charge < -0.3 is 0 Å². The summed E-state index contributed by atoms with van der Waals surface area (Å²) in [5.41, 5.74) is 0.720. The topological polar surface area (TPSA) is 0 Å². The second kappa shape index (κ2) is 1.74. The Hall–Kier alpha value is 0.350. The van der Waals surface area contributed by atoms with E-state index in [0.29, 0.717) is 0 Å². The largest absolute Gasteiger partial charge is 0.175 e. The van der Waals surface area contributed by atoms with E-state index in [-0.39, 0.29) is 0 Å². The summed E-state index contributed by atoms with van der Waals surface area (Å²) in [6, 6.07) is 0. The van der Waals surface area contributed by atoms with Crippen LogP contribution in [0.15, 0.2) is 0 Å². The van der Waals surface area contributed by atoms with Crippen LogP contribution in [0.5, 0.6) is 0 Å². The molecule has 10 heavy (non-hydrogen) atoms. The van der Waals surface area contributed by atoms with Crippen molar-refractivity contribution in [1.82, 2.24) is 0 Å². The van der Waals surface area contributed by atoms with Crippen molar-refractivity contribution in [3.8, 4) is 0 Å². The fraction of sp³-hybridized carbons (Fsp3) is 1.00. The van der Waals surface area contributed by atoms with Gasteiger partial charge >= 0.3 is 0 Å². The van der Waals surface area contributed by atoms with Gasteiger partial charge in [0, 0.05) is 5.25 Å². The van der Waals surface area contributed by atoms with Crippen molar-refractivity contribution in [3.63, 3.8) is 0 Å². The average Bonchev–Trinajstić information content (AvgIpc) is 2.55. The lowest BCUT2D eigenvalue weighted by molar-refractivity contribution is 0.503. The molecule has 4 unspecified atom stereocenters. The van der Waals surface area contributed by atoms with Crippen molar-refractivity contribution in [1.29, 1.82) is 0 Å². The summed E-state index contributed by atoms with van der Waals surface area (Å²) in [6.07, 6.45) is 1.39. The van der Waals surface area contributed by atoms with Crippen LogP contribution in [0.3, 0.4) is 0 Å². The monoisotopic (exact) mass is 156 g/mol. The zero-order valence-electron chi connectivity index (χ0n) is 6.96. The van der Waals surface area contributed by atoms with E-state index in [4.69, 9.17) is 0 Å². The van der Waals surface area contributed by atoms with Crippen molar-refractivity contribution in [3.05, 3.63) is 0 Å². The predicted molar refractivity (Wildman–Crippen MR) is 47.3 cm³/mol. The summed E-state index contributed by atoms with van der Waals surface area (Å²) in [7, 11) is 0. The van der Waals surface area contributed by atoms with Crippen molar-refractivity contribution in [2.75, 3.05) is 0 Å². The van der Waals surface area contributed by atoms with Gasteiger partial charge in [-0.3, -0.25) is 0 Å². The molecule has 0 bridgehead atoms. The standard InChI is InChI=1S/C9H16S/c1-5(2)8-6(3)9(8)4-7(9)10/h5-8,10H,4H2,1-3H3. The van der Waals surface area contributed by atoms with Crippen LogP contribution in [0.1, 0.15) is 27.2 Å². The molecule has 2 rings (SSSR count). The molecule has 1 spiro atoms. The first-order valence-corrected chi connectivity index (χ1v) is 4.80. The minimum atomic E-state index is 0.720. The lowest BCUT2D eigenvalue weighted by atomic mass is 10.1. The molecule has 0 N–H and O–H groups in total. The van der Waals surface area contributed by atoms with E-state index in [1.54, 1.807) is 0 Å². The van der Waals surface area contributed by atoms with Crippen molar-refractivity contribution < 1.29 is 0 Å². The van der Waals surface area contributed by atoms with Crippen LogP contribution in [-0.4, -0.2) is 5.25 Å². The van der Waals surface area contributed by atoms with E-state index in [9.17, 15) is 0 Å². The van der Waals surface area contributed by atoms with Gasteiger partial charge in [0.05, 0.1) is 0 Å². The first-order valence-electron chi connectivity index (χ1n) is 4.28. The molecule has 2 saturated carbocycles. The van der Waals surface area contributed by atoms with E-state index < -0.39 is 0 Å². The lowest BCUT2D eigenvalue weighted by Gasteiger charge is -1.99. The summed E-state index contributed by atoms with van der Waals surface area (Å²) in [5.74, 6) is 2.84. The van der Waals surface area contributed by atoms with E-state index in [2.05, 4.69) is 33.4 Å². The van der Waals surface area contributed by atoms with Crippen LogP contribution in [-0.2, 0) is 0 Å². The van der Waals surface area contributed by atoms with E-state index in [0.717, 1.165) is 28.4 Å². The third kappa shape index (κ3) is 0.603. The van der Waals surface area contributed by atoms with E-state index in [1.807, 2.05) is 0 Å². The summed E-state index contributed by atoms with van der Waals surface area (Å²) < 4.78 is 0. The number of hydrogen-bond acceptors (Lipinski definition) is 1. The van der Waals surface area contributed by atoms with Gasteiger partial charge in [0.1, 0.15) is 0 Å². The van der Waals surface area contributed by atoms with Gasteiger partial charge in [-0.05, 0) is 29.6 Å². The Bertz CT molecular complexity index is 164. The Morgan fingerprint density at radius 2 is 2.00 bits per heavy atom. The second-order valence-corrected chi connectivity index (χ2v) is 5.01. The fourth-order valence-corrected chi connectivity index (χ4v) is 3.74. The Kier molecular flexibility index (Phi) is 1.22. The molecule has 0 radical (unpaired) electrons. The zero-order chi connectivity index (χ0) is 7.52. The van der Waals surface area contributed by atoms with Gasteiger partial charge in [-0.15, -0.1) is 0 Å². The third-order valence-electron chi connectivity index (χ3n) is 3.62. The molecule has 58 valence electrons. The SMILES string of the molecule is CC(C)C1C(C)C12CC2S. The highest BCUT2D eigenvalue weighted by atomic mass is 32.1. The first kappa shape index (κ1) is 7.02. The minimum Gasteiger partial charge on any atom is -0.175 e. The molecule has 0 nitrogen and oxygen atoms in total. The van der Waals surface area contributed by atoms with Gasteiger partial charge in [0.25, 0.3) is 0 Å². The van der Waals surface area contributed by atoms with E-state index >= 15 is 0 Å². The summed E-state index contributed by atoms with van der Waals surface area (Å²) in [5, 5.41) is 0.745. The molecule has 0 aromatic heterocycles. The molecule has 0 aromatic rings. The first-order chi connectivity index (χ1) is 4.60. The predicted octanol–water partition coefficient (Wildman–Crippen LogP) is 2.60. The van der Waals surface area contributed by atoms with Crippen LogP contribution in [0, 0.1) is 23.2 Å². The van der Waals surface area contributed by atoms with Gasteiger partial charge in [0.2, 0.25) is 0 Å². The Balaban J connectivity index is 2.06. The van der Waals surface area contributed by atoms with Gasteiger partial charge in [-0.2, -0.15) is 12.6 Å². The fourth-order valence-electron chi connectivity index (χ4n) is 3.01. The molecule has 2 fully saturated rings. The molecule has 0 heterocycles. The Morgan fingerprint density at radius 1 is 1.50 bits per heavy atom. The molecule has 0 aliphatic heterocycles. The van der Waals surface area contributed by atoms with Crippen LogP contribution < -0.4 is 0 Å². The third-order valence-corrected chi connectivity index (χ3v) is 4.29. The van der Waals surface area contributed by atoms with Crippen molar-refractivity contribution >= 4 is 12.6 Å². The smallest absolute Gasteiger partial charge is 0.00850 e. The molecule has 2 aliphatic carbocycles. The minimum absolute atomic E-state index is 0.720. The summed E-state index contributed by atoms with van der Waals surface area (Å²) >= 11 is 4.53. The Labute approximate surface area is 68.8 Å². The maximum Gasteiger partial charge on any atom is 0.00850 e. The molecule has 0 aromatic carbocycles. The van der Waals surface area contributed by atoms with Crippen LogP contribution in [0.25, 0.3) is 0 Å². The molecule has 2 aliphatic rings. The Morgan fingerprint density at radius 3 is 2.10 bits per heavy atom. The highest BCUT2D eigenvalue weighted by Gasteiger charge is 2.74. The maximum absolute atomic E-state index is 4.53. The molecular formula is C9H16S. The normalized spacial score (nSPS) is 57.9. The van der Waals surface area contributed by atoms with Crippen molar-refractivity contribution in [2.24, 2.45) is 23.2 Å². The second-order valence-electron chi connectivity index (χ2n) is 4.39. The molecule has 0 saturated heterocycles. The van der Waals surface area contributed by atoms with Gasteiger partial charge in [0.15, 0.2) is 0 Å². The molecule has 1 heteroatoms. The molecule has 4 atom stereocenters. The number of rotatable bonds is 1.